The van der Waals surface area contributed by atoms with E-state index in [-0.39, 0.29) is 11.1 Å². The standard InChI is InChI=1S/C27H34N4S/c1-7-18(2)19-8-10-20(11-9-19)23-12-13-24(32-23)22-14-15-28-25(30-22)29-21-16-26(3,4)31-27(5,6)17-21/h7-15,21,31H,16-17H2,1-6H3,(H,28,29,30)/b18-7+. The quantitative estimate of drug-likeness (QED) is 0.442. The van der Waals surface area contributed by atoms with Gasteiger partial charge >= 0.3 is 0 Å². The summed E-state index contributed by atoms with van der Waals surface area (Å²) in [5.41, 5.74) is 4.93. The monoisotopic (exact) mass is 446 g/mol. The van der Waals surface area contributed by atoms with Gasteiger partial charge in [0, 0.05) is 28.2 Å². The first-order chi connectivity index (χ1) is 15.1. The van der Waals surface area contributed by atoms with Crippen molar-refractivity contribution in [3.8, 4) is 21.0 Å². The Morgan fingerprint density at radius 2 is 1.66 bits per heavy atom. The van der Waals surface area contributed by atoms with Crippen LogP contribution in [-0.2, 0) is 0 Å². The highest BCUT2D eigenvalue weighted by molar-refractivity contribution is 7.18. The fourth-order valence-corrected chi connectivity index (χ4v) is 5.85. The largest absolute Gasteiger partial charge is 0.351 e. The number of hydrogen-bond donors (Lipinski definition) is 2. The second-order valence-electron chi connectivity index (χ2n) is 10.1. The average Bonchev–Trinajstić information content (AvgIpc) is 3.21. The Hall–Kier alpha value is -2.50. The molecule has 0 saturated carbocycles. The molecule has 168 valence electrons. The number of nitrogens with zero attached hydrogens (tertiary/aromatic N) is 2. The predicted molar refractivity (Wildman–Crippen MR) is 138 cm³/mol. The molecular formula is C27H34N4S. The van der Waals surface area contributed by atoms with Crippen molar-refractivity contribution in [2.24, 2.45) is 0 Å². The summed E-state index contributed by atoms with van der Waals surface area (Å²) in [6, 6.07) is 15.5. The van der Waals surface area contributed by atoms with Crippen molar-refractivity contribution in [2.75, 3.05) is 5.32 Å². The van der Waals surface area contributed by atoms with E-state index in [9.17, 15) is 0 Å². The molecule has 4 rings (SSSR count). The third-order valence-corrected chi connectivity index (χ3v) is 7.25. The van der Waals surface area contributed by atoms with Crippen LogP contribution in [0.2, 0.25) is 0 Å². The SMILES string of the molecule is C/C=C(\C)c1ccc(-c2ccc(-c3ccnc(NC4CC(C)(C)NC(C)(C)C4)n3)s2)cc1. The predicted octanol–water partition coefficient (Wildman–Crippen LogP) is 7.02. The number of rotatable bonds is 5. The van der Waals surface area contributed by atoms with Gasteiger partial charge in [-0.05, 0) is 89.3 Å². The summed E-state index contributed by atoms with van der Waals surface area (Å²) in [7, 11) is 0. The lowest BCUT2D eigenvalue weighted by atomic mass is 9.80. The number of hydrogen-bond acceptors (Lipinski definition) is 5. The maximum Gasteiger partial charge on any atom is 0.223 e. The number of thiophene rings is 1. The molecule has 3 aromatic rings. The molecule has 0 radical (unpaired) electrons. The Balaban J connectivity index is 1.51. The van der Waals surface area contributed by atoms with Crippen molar-refractivity contribution in [1.82, 2.24) is 15.3 Å². The minimum atomic E-state index is 0.0840. The van der Waals surface area contributed by atoms with E-state index >= 15 is 0 Å². The van der Waals surface area contributed by atoms with E-state index in [1.54, 1.807) is 11.3 Å². The summed E-state index contributed by atoms with van der Waals surface area (Å²) in [6.07, 6.45) is 6.08. The van der Waals surface area contributed by atoms with Gasteiger partial charge in [-0.1, -0.05) is 30.3 Å². The Bertz CT molecular complexity index is 1090. The zero-order chi connectivity index (χ0) is 22.9. The molecule has 5 heteroatoms. The number of anilines is 1. The van der Waals surface area contributed by atoms with E-state index < -0.39 is 0 Å². The summed E-state index contributed by atoms with van der Waals surface area (Å²) < 4.78 is 0. The zero-order valence-corrected chi connectivity index (χ0v) is 20.8. The lowest BCUT2D eigenvalue weighted by Gasteiger charge is -2.46. The van der Waals surface area contributed by atoms with Crippen LogP contribution in [0.3, 0.4) is 0 Å². The second kappa shape index (κ2) is 8.80. The van der Waals surface area contributed by atoms with Gasteiger partial charge in [-0.15, -0.1) is 11.3 Å². The lowest BCUT2D eigenvalue weighted by molar-refractivity contribution is 0.170. The van der Waals surface area contributed by atoms with E-state index in [2.05, 4.69) is 99.6 Å². The molecule has 0 spiro atoms. The molecule has 1 aromatic carbocycles. The maximum atomic E-state index is 4.85. The fourth-order valence-electron chi connectivity index (χ4n) is 4.87. The van der Waals surface area contributed by atoms with Gasteiger partial charge in [0.1, 0.15) is 0 Å². The molecule has 4 nitrogen and oxygen atoms in total. The number of allylic oxidation sites excluding steroid dienone is 2. The van der Waals surface area contributed by atoms with E-state index in [4.69, 9.17) is 4.98 Å². The van der Waals surface area contributed by atoms with Crippen LogP contribution in [0.1, 0.15) is 59.9 Å². The van der Waals surface area contributed by atoms with Gasteiger partial charge in [0.25, 0.3) is 0 Å². The van der Waals surface area contributed by atoms with Gasteiger partial charge in [-0.2, -0.15) is 0 Å². The van der Waals surface area contributed by atoms with Crippen LogP contribution in [0, 0.1) is 0 Å². The van der Waals surface area contributed by atoms with E-state index in [0.29, 0.717) is 12.0 Å². The van der Waals surface area contributed by atoms with Gasteiger partial charge in [0.05, 0.1) is 10.6 Å². The third kappa shape index (κ3) is 5.28. The molecule has 1 aliphatic rings. The molecular weight excluding hydrogens is 412 g/mol. The van der Waals surface area contributed by atoms with E-state index in [0.717, 1.165) is 23.4 Å². The summed E-state index contributed by atoms with van der Waals surface area (Å²) in [5, 5.41) is 7.33. The van der Waals surface area contributed by atoms with Crippen LogP contribution in [0.4, 0.5) is 5.95 Å². The van der Waals surface area contributed by atoms with Gasteiger partial charge in [0.15, 0.2) is 0 Å². The highest BCUT2D eigenvalue weighted by Gasteiger charge is 2.37. The van der Waals surface area contributed by atoms with Crippen LogP contribution >= 0.6 is 11.3 Å². The number of piperidine rings is 1. The molecule has 0 aliphatic carbocycles. The summed E-state index contributed by atoms with van der Waals surface area (Å²) in [5.74, 6) is 0.710. The molecule has 32 heavy (non-hydrogen) atoms. The fraction of sp³-hybridized carbons (Fsp3) is 0.407. The van der Waals surface area contributed by atoms with Gasteiger partial charge in [0.2, 0.25) is 5.95 Å². The van der Waals surface area contributed by atoms with Crippen molar-refractivity contribution < 1.29 is 0 Å². The van der Waals surface area contributed by atoms with E-state index in [1.807, 2.05) is 12.3 Å². The van der Waals surface area contributed by atoms with Crippen molar-refractivity contribution >= 4 is 22.9 Å². The topological polar surface area (TPSA) is 49.8 Å². The van der Waals surface area contributed by atoms with Crippen LogP contribution in [0.25, 0.3) is 26.6 Å². The molecule has 1 aliphatic heterocycles. The average molecular weight is 447 g/mol. The van der Waals surface area contributed by atoms with Gasteiger partial charge < -0.3 is 10.6 Å². The highest BCUT2D eigenvalue weighted by Crippen LogP contribution is 2.35. The molecule has 2 N–H and O–H groups in total. The van der Waals surface area contributed by atoms with Gasteiger partial charge in [-0.3, -0.25) is 0 Å². The van der Waals surface area contributed by atoms with Gasteiger partial charge in [-0.25, -0.2) is 9.97 Å². The molecule has 1 saturated heterocycles. The van der Waals surface area contributed by atoms with Crippen LogP contribution in [-0.4, -0.2) is 27.1 Å². The Morgan fingerprint density at radius 1 is 1.00 bits per heavy atom. The molecule has 2 aromatic heterocycles. The first-order valence-electron chi connectivity index (χ1n) is 11.4. The highest BCUT2D eigenvalue weighted by atomic mass is 32.1. The first kappa shape index (κ1) is 22.7. The molecule has 0 atom stereocenters. The Morgan fingerprint density at radius 3 is 2.31 bits per heavy atom. The summed E-state index contributed by atoms with van der Waals surface area (Å²) in [4.78, 5) is 11.8. The molecule has 3 heterocycles. The zero-order valence-electron chi connectivity index (χ0n) is 20.0. The smallest absolute Gasteiger partial charge is 0.223 e. The molecule has 1 fully saturated rings. The van der Waals surface area contributed by atoms with E-state index in [1.165, 1.54) is 21.6 Å². The molecule has 0 amide bonds. The van der Waals surface area contributed by atoms with Crippen molar-refractivity contribution in [1.29, 1.82) is 0 Å². The first-order valence-corrected chi connectivity index (χ1v) is 12.2. The maximum absolute atomic E-state index is 4.85. The summed E-state index contributed by atoms with van der Waals surface area (Å²) >= 11 is 1.77. The number of nitrogens with one attached hydrogen (secondary N) is 2. The van der Waals surface area contributed by atoms with Crippen molar-refractivity contribution in [2.45, 2.75) is 71.5 Å². The second-order valence-corrected chi connectivity index (χ2v) is 11.2. The third-order valence-electron chi connectivity index (χ3n) is 6.10. The molecule has 0 unspecified atom stereocenters. The Kier molecular flexibility index (Phi) is 6.24. The minimum absolute atomic E-state index is 0.0840. The Labute approximate surface area is 196 Å². The van der Waals surface area contributed by atoms with Crippen molar-refractivity contribution in [3.63, 3.8) is 0 Å². The number of benzene rings is 1. The number of aromatic nitrogens is 2. The van der Waals surface area contributed by atoms with Crippen LogP contribution in [0.5, 0.6) is 0 Å². The lowest BCUT2D eigenvalue weighted by Crippen LogP contribution is -2.60. The van der Waals surface area contributed by atoms with Crippen LogP contribution in [0.15, 0.2) is 54.7 Å². The summed E-state index contributed by atoms with van der Waals surface area (Å²) in [6.45, 7) is 13.3. The van der Waals surface area contributed by atoms with Crippen LogP contribution < -0.4 is 10.6 Å². The van der Waals surface area contributed by atoms with Crippen molar-refractivity contribution in [3.05, 3.63) is 60.3 Å². The molecule has 0 bridgehead atoms. The minimum Gasteiger partial charge on any atom is -0.351 e. The normalized spacial score (nSPS) is 18.5.